The molecule has 3 rings (SSSR count). The van der Waals surface area contributed by atoms with Crippen molar-refractivity contribution in [3.8, 4) is 0 Å². The average Bonchev–Trinajstić information content (AvgIpc) is 2.55. The molecule has 1 spiro atoms. The van der Waals surface area contributed by atoms with Crippen molar-refractivity contribution in [3.05, 3.63) is 35.4 Å². The Hall–Kier alpha value is -0.860. The van der Waals surface area contributed by atoms with E-state index in [1.54, 1.807) is 0 Å². The van der Waals surface area contributed by atoms with Gasteiger partial charge in [-0.05, 0) is 43.5 Å². The lowest BCUT2D eigenvalue weighted by atomic mass is 9.74. The van der Waals surface area contributed by atoms with Crippen LogP contribution in [0.3, 0.4) is 0 Å². The van der Waals surface area contributed by atoms with Crippen LogP contribution in [0.1, 0.15) is 36.5 Å². The minimum atomic E-state index is -0.237. The molecular weight excluding hydrogens is 186 g/mol. The van der Waals surface area contributed by atoms with Crippen LogP contribution in [0.15, 0.2) is 24.3 Å². The molecule has 0 amide bonds. The highest BCUT2D eigenvalue weighted by atomic mass is 16.3. The molecule has 2 heteroatoms. The standard InChI is InChI=1S/C13H17NO/c15-12-9-13(5-7-14-8-6-13)11-4-2-1-3-10(11)12/h1-4,12,14-15H,5-9H2/t12-/m1/s1. The number of benzene rings is 1. The fourth-order valence-electron chi connectivity index (χ4n) is 3.24. The zero-order chi connectivity index (χ0) is 10.3. The molecule has 1 aliphatic heterocycles. The minimum Gasteiger partial charge on any atom is -0.388 e. The van der Waals surface area contributed by atoms with Crippen LogP contribution in [0.2, 0.25) is 0 Å². The molecule has 1 fully saturated rings. The fraction of sp³-hybridized carbons (Fsp3) is 0.538. The lowest BCUT2D eigenvalue weighted by Crippen LogP contribution is -2.38. The highest BCUT2D eigenvalue weighted by Gasteiger charge is 2.43. The molecule has 1 aromatic rings. The van der Waals surface area contributed by atoms with Crippen LogP contribution in [0.25, 0.3) is 0 Å². The molecule has 0 bridgehead atoms. The maximum atomic E-state index is 10.1. The van der Waals surface area contributed by atoms with Crippen LogP contribution in [-0.2, 0) is 5.41 Å². The Labute approximate surface area is 90.3 Å². The van der Waals surface area contributed by atoms with Crippen LogP contribution in [0.5, 0.6) is 0 Å². The molecule has 80 valence electrons. The predicted molar refractivity (Wildman–Crippen MR) is 59.8 cm³/mol. The molecular formula is C13H17NO. The Morgan fingerprint density at radius 3 is 2.73 bits per heavy atom. The zero-order valence-corrected chi connectivity index (χ0v) is 8.87. The number of aliphatic hydroxyl groups is 1. The molecule has 2 aliphatic rings. The van der Waals surface area contributed by atoms with Crippen LogP contribution in [-0.4, -0.2) is 18.2 Å². The quantitative estimate of drug-likeness (QED) is 0.673. The Kier molecular flexibility index (Phi) is 2.08. The summed E-state index contributed by atoms with van der Waals surface area (Å²) in [6, 6.07) is 8.41. The Bertz CT molecular complexity index is 369. The average molecular weight is 203 g/mol. The molecule has 15 heavy (non-hydrogen) atoms. The third kappa shape index (κ3) is 1.32. The normalized spacial score (nSPS) is 27.9. The van der Waals surface area contributed by atoms with Crippen molar-refractivity contribution >= 4 is 0 Å². The molecule has 1 saturated heterocycles. The molecule has 0 radical (unpaired) electrons. The first kappa shape index (κ1) is 9.37. The summed E-state index contributed by atoms with van der Waals surface area (Å²) in [7, 11) is 0. The van der Waals surface area contributed by atoms with Gasteiger partial charge in [-0.1, -0.05) is 24.3 Å². The topological polar surface area (TPSA) is 32.3 Å². The van der Waals surface area contributed by atoms with Gasteiger partial charge in [0.05, 0.1) is 6.10 Å². The van der Waals surface area contributed by atoms with Crippen molar-refractivity contribution in [1.82, 2.24) is 5.32 Å². The zero-order valence-electron chi connectivity index (χ0n) is 8.87. The van der Waals surface area contributed by atoms with Crippen LogP contribution < -0.4 is 5.32 Å². The van der Waals surface area contributed by atoms with Gasteiger partial charge in [0.15, 0.2) is 0 Å². The van der Waals surface area contributed by atoms with Gasteiger partial charge in [-0.25, -0.2) is 0 Å². The van der Waals surface area contributed by atoms with Gasteiger partial charge in [-0.2, -0.15) is 0 Å². The summed E-state index contributed by atoms with van der Waals surface area (Å²) in [5, 5.41) is 13.5. The molecule has 0 saturated carbocycles. The Morgan fingerprint density at radius 2 is 1.93 bits per heavy atom. The highest BCUT2D eigenvalue weighted by molar-refractivity contribution is 5.41. The van der Waals surface area contributed by atoms with E-state index in [1.165, 1.54) is 24.0 Å². The van der Waals surface area contributed by atoms with E-state index in [1.807, 2.05) is 6.07 Å². The van der Waals surface area contributed by atoms with Crippen molar-refractivity contribution in [1.29, 1.82) is 0 Å². The first-order valence-electron chi connectivity index (χ1n) is 5.80. The maximum Gasteiger partial charge on any atom is 0.0801 e. The smallest absolute Gasteiger partial charge is 0.0801 e. The fourth-order valence-corrected chi connectivity index (χ4v) is 3.24. The number of nitrogens with one attached hydrogen (secondary N) is 1. The van der Waals surface area contributed by atoms with Crippen molar-refractivity contribution < 1.29 is 5.11 Å². The summed E-state index contributed by atoms with van der Waals surface area (Å²) in [6.07, 6.45) is 3.02. The van der Waals surface area contributed by atoms with Gasteiger partial charge in [0.1, 0.15) is 0 Å². The second-order valence-corrected chi connectivity index (χ2v) is 4.84. The number of piperidine rings is 1. The molecule has 0 unspecified atom stereocenters. The largest absolute Gasteiger partial charge is 0.388 e. The van der Waals surface area contributed by atoms with E-state index < -0.39 is 0 Å². The van der Waals surface area contributed by atoms with E-state index in [4.69, 9.17) is 0 Å². The molecule has 2 N–H and O–H groups in total. The van der Waals surface area contributed by atoms with Crippen molar-refractivity contribution in [2.24, 2.45) is 0 Å². The number of rotatable bonds is 0. The third-order valence-corrected chi connectivity index (χ3v) is 4.04. The summed E-state index contributed by atoms with van der Waals surface area (Å²) >= 11 is 0. The SMILES string of the molecule is O[C@@H]1CC2(CCNCC2)c2ccccc21. The predicted octanol–water partition coefficient (Wildman–Crippen LogP) is 1.74. The number of hydrogen-bond acceptors (Lipinski definition) is 2. The molecule has 2 nitrogen and oxygen atoms in total. The van der Waals surface area contributed by atoms with Crippen molar-refractivity contribution in [2.45, 2.75) is 30.8 Å². The van der Waals surface area contributed by atoms with Gasteiger partial charge in [-0.15, -0.1) is 0 Å². The monoisotopic (exact) mass is 203 g/mol. The van der Waals surface area contributed by atoms with Gasteiger partial charge in [0.25, 0.3) is 0 Å². The minimum absolute atomic E-state index is 0.237. The van der Waals surface area contributed by atoms with Gasteiger partial charge in [0.2, 0.25) is 0 Å². The molecule has 1 aliphatic carbocycles. The van der Waals surface area contributed by atoms with Gasteiger partial charge >= 0.3 is 0 Å². The van der Waals surface area contributed by atoms with E-state index in [0.29, 0.717) is 0 Å². The Morgan fingerprint density at radius 1 is 1.20 bits per heavy atom. The summed E-state index contributed by atoms with van der Waals surface area (Å²) in [5.41, 5.74) is 2.83. The van der Waals surface area contributed by atoms with Crippen molar-refractivity contribution in [2.75, 3.05) is 13.1 Å². The second kappa shape index (κ2) is 3.32. The summed E-state index contributed by atoms with van der Waals surface area (Å²) < 4.78 is 0. The summed E-state index contributed by atoms with van der Waals surface area (Å²) in [4.78, 5) is 0. The first-order chi connectivity index (χ1) is 7.32. The third-order valence-electron chi connectivity index (χ3n) is 4.04. The number of aliphatic hydroxyl groups excluding tert-OH is 1. The van der Waals surface area contributed by atoms with E-state index in [-0.39, 0.29) is 11.5 Å². The second-order valence-electron chi connectivity index (χ2n) is 4.84. The van der Waals surface area contributed by atoms with Crippen LogP contribution in [0, 0.1) is 0 Å². The summed E-state index contributed by atoms with van der Waals surface area (Å²) in [5.74, 6) is 0. The van der Waals surface area contributed by atoms with Crippen molar-refractivity contribution in [3.63, 3.8) is 0 Å². The Balaban J connectivity index is 2.06. The molecule has 1 atom stereocenters. The highest BCUT2D eigenvalue weighted by Crippen LogP contribution is 2.49. The van der Waals surface area contributed by atoms with Crippen LogP contribution >= 0.6 is 0 Å². The van der Waals surface area contributed by atoms with Crippen LogP contribution in [0.4, 0.5) is 0 Å². The van der Waals surface area contributed by atoms with E-state index >= 15 is 0 Å². The molecule has 0 aromatic heterocycles. The number of fused-ring (bicyclic) bond motifs is 2. The maximum absolute atomic E-state index is 10.1. The van der Waals surface area contributed by atoms with E-state index in [9.17, 15) is 5.11 Å². The summed E-state index contributed by atoms with van der Waals surface area (Å²) in [6.45, 7) is 2.17. The van der Waals surface area contributed by atoms with Gasteiger partial charge in [0, 0.05) is 5.41 Å². The number of hydrogen-bond donors (Lipinski definition) is 2. The van der Waals surface area contributed by atoms with Gasteiger partial charge < -0.3 is 10.4 Å². The molecule has 1 heterocycles. The lowest BCUT2D eigenvalue weighted by molar-refractivity contribution is 0.142. The lowest BCUT2D eigenvalue weighted by Gasteiger charge is -2.34. The van der Waals surface area contributed by atoms with Gasteiger partial charge in [-0.3, -0.25) is 0 Å². The first-order valence-corrected chi connectivity index (χ1v) is 5.80. The van der Waals surface area contributed by atoms with E-state index in [2.05, 4.69) is 23.5 Å². The molecule has 1 aromatic carbocycles. The van der Waals surface area contributed by atoms with E-state index in [0.717, 1.165) is 19.5 Å².